The Morgan fingerprint density at radius 3 is 2.26 bits per heavy atom. The van der Waals surface area contributed by atoms with Gasteiger partial charge in [-0.05, 0) is 30.2 Å². The number of hydrogen-bond acceptors (Lipinski definition) is 7. The molecule has 3 N–H and O–H groups in total. The normalized spacial score (nSPS) is 11.2. The second kappa shape index (κ2) is 12.3. The van der Waals surface area contributed by atoms with E-state index in [1.807, 2.05) is 31.2 Å². The molecule has 0 saturated heterocycles. The van der Waals surface area contributed by atoms with Crippen LogP contribution < -0.4 is 15.2 Å². The van der Waals surface area contributed by atoms with Crippen LogP contribution in [0.1, 0.15) is 41.3 Å². The van der Waals surface area contributed by atoms with Crippen molar-refractivity contribution in [1.29, 1.82) is 0 Å². The van der Waals surface area contributed by atoms with Gasteiger partial charge in [0.1, 0.15) is 17.3 Å². The number of hydrogen-bond donors (Lipinski definition) is 2. The van der Waals surface area contributed by atoms with Crippen molar-refractivity contribution in [2.45, 2.75) is 37.9 Å². The molecule has 0 aliphatic heterocycles. The molecule has 3 aromatic rings. The number of sulfonamides is 1. The lowest BCUT2D eigenvalue weighted by atomic mass is 10.1. The maximum Gasteiger partial charge on any atom is 0.339 e. The largest absolute Gasteiger partial charge is 0.457 e. The van der Waals surface area contributed by atoms with E-state index in [9.17, 15) is 13.2 Å². The molecule has 0 saturated carbocycles. The van der Waals surface area contributed by atoms with E-state index >= 15 is 0 Å². The molecule has 0 radical (unpaired) electrons. The van der Waals surface area contributed by atoms with E-state index in [4.69, 9.17) is 19.3 Å². The minimum atomic E-state index is -4.36. The first kappa shape index (κ1) is 26.2. The molecule has 0 atom stereocenters. The third-order valence-electron chi connectivity index (χ3n) is 5.12. The molecule has 0 aromatic heterocycles. The fraction of sp³-hybridized carbons (Fsp3) is 0.269. The van der Waals surface area contributed by atoms with Crippen LogP contribution in [0.4, 0.5) is 5.69 Å². The Bertz CT molecular complexity index is 1230. The van der Waals surface area contributed by atoms with Crippen molar-refractivity contribution in [1.82, 2.24) is 0 Å². The summed E-state index contributed by atoms with van der Waals surface area (Å²) >= 11 is 0. The first-order valence-electron chi connectivity index (χ1n) is 11.2. The minimum Gasteiger partial charge on any atom is -0.457 e. The highest BCUT2D eigenvalue weighted by Gasteiger charge is 2.30. The third kappa shape index (κ3) is 7.05. The highest BCUT2D eigenvalue weighted by Crippen LogP contribution is 2.41. The number of esters is 1. The standard InChI is InChI=1S/C26H30N2O6S/c1-3-4-15-28-23-24(34-21-13-9-6-10-14-21)20(18-32-2)16-22(25(23)35(27,30)31)26(29)33-17-19-11-7-5-8-12-19/h5-14,16,28H,3-4,15,17-18H2,1-2H3,(H2,27,30,31). The number of ether oxygens (including phenoxy) is 3. The molecule has 0 spiro atoms. The summed E-state index contributed by atoms with van der Waals surface area (Å²) in [6, 6.07) is 19.4. The van der Waals surface area contributed by atoms with E-state index in [0.29, 0.717) is 17.9 Å². The van der Waals surface area contributed by atoms with Crippen LogP contribution in [0, 0.1) is 0 Å². The Morgan fingerprint density at radius 2 is 1.66 bits per heavy atom. The van der Waals surface area contributed by atoms with Crippen LogP contribution in [0.25, 0.3) is 0 Å². The number of para-hydroxylation sites is 1. The third-order valence-corrected chi connectivity index (χ3v) is 6.11. The van der Waals surface area contributed by atoms with Gasteiger partial charge in [0, 0.05) is 19.2 Å². The second-order valence-corrected chi connectivity index (χ2v) is 9.35. The number of rotatable bonds is 12. The van der Waals surface area contributed by atoms with Gasteiger partial charge < -0.3 is 19.5 Å². The van der Waals surface area contributed by atoms with Crippen LogP contribution in [-0.4, -0.2) is 28.0 Å². The minimum absolute atomic E-state index is 0.0236. The Morgan fingerprint density at radius 1 is 1.00 bits per heavy atom. The van der Waals surface area contributed by atoms with Crippen LogP contribution in [0.3, 0.4) is 0 Å². The Kier molecular flexibility index (Phi) is 9.25. The molecule has 0 unspecified atom stereocenters. The predicted molar refractivity (Wildman–Crippen MR) is 134 cm³/mol. The van der Waals surface area contributed by atoms with Gasteiger partial charge in [0.2, 0.25) is 10.0 Å². The lowest BCUT2D eigenvalue weighted by Gasteiger charge is -2.22. The highest BCUT2D eigenvalue weighted by atomic mass is 32.2. The molecule has 3 rings (SSSR count). The average Bonchev–Trinajstić information content (AvgIpc) is 2.84. The van der Waals surface area contributed by atoms with Gasteiger partial charge >= 0.3 is 5.97 Å². The van der Waals surface area contributed by atoms with Gasteiger partial charge in [-0.1, -0.05) is 61.9 Å². The quantitative estimate of drug-likeness (QED) is 0.271. The molecular weight excluding hydrogens is 468 g/mol. The van der Waals surface area contributed by atoms with E-state index < -0.39 is 16.0 Å². The van der Waals surface area contributed by atoms with Gasteiger partial charge in [0.15, 0.2) is 5.75 Å². The number of nitrogens with two attached hydrogens (primary N) is 1. The zero-order valence-corrected chi connectivity index (χ0v) is 20.6. The highest BCUT2D eigenvalue weighted by molar-refractivity contribution is 7.89. The molecule has 0 bridgehead atoms. The molecule has 0 amide bonds. The number of methoxy groups -OCH3 is 1. The lowest BCUT2D eigenvalue weighted by molar-refractivity contribution is 0.0468. The van der Waals surface area contributed by atoms with Crippen molar-refractivity contribution in [2.75, 3.05) is 19.0 Å². The average molecular weight is 499 g/mol. The smallest absolute Gasteiger partial charge is 0.339 e. The number of benzene rings is 3. The summed E-state index contributed by atoms with van der Waals surface area (Å²) in [5.41, 5.74) is 1.15. The van der Waals surface area contributed by atoms with E-state index in [2.05, 4.69) is 5.32 Å². The van der Waals surface area contributed by atoms with Crippen LogP contribution in [0.15, 0.2) is 71.6 Å². The van der Waals surface area contributed by atoms with Crippen molar-refractivity contribution in [3.8, 4) is 11.5 Å². The predicted octanol–water partition coefficient (Wildman–Crippen LogP) is 4.84. The monoisotopic (exact) mass is 498 g/mol. The summed E-state index contributed by atoms with van der Waals surface area (Å²) in [4.78, 5) is 12.8. The fourth-order valence-corrected chi connectivity index (χ4v) is 4.39. The molecular formula is C26H30N2O6S. The topological polar surface area (TPSA) is 117 Å². The van der Waals surface area contributed by atoms with Crippen molar-refractivity contribution in [2.24, 2.45) is 5.14 Å². The number of anilines is 1. The summed E-state index contributed by atoms with van der Waals surface area (Å²) < 4.78 is 42.5. The molecule has 35 heavy (non-hydrogen) atoms. The summed E-state index contributed by atoms with van der Waals surface area (Å²) in [7, 11) is -2.86. The van der Waals surface area contributed by atoms with Gasteiger partial charge in [0.25, 0.3) is 0 Å². The first-order chi connectivity index (χ1) is 16.8. The summed E-state index contributed by atoms with van der Waals surface area (Å²) in [5, 5.41) is 8.76. The summed E-state index contributed by atoms with van der Waals surface area (Å²) in [5.74, 6) is -0.110. The molecule has 0 aliphatic carbocycles. The van der Waals surface area contributed by atoms with Gasteiger partial charge in [-0.25, -0.2) is 18.4 Å². The number of unbranched alkanes of at least 4 members (excludes halogenated alkanes) is 1. The SMILES string of the molecule is CCCCNc1c(Oc2ccccc2)c(COC)cc(C(=O)OCc2ccccc2)c1S(N)(=O)=O. The maximum absolute atomic E-state index is 13.1. The molecule has 186 valence electrons. The van der Waals surface area contributed by atoms with Gasteiger partial charge in [-0.3, -0.25) is 0 Å². The van der Waals surface area contributed by atoms with Crippen molar-refractivity contribution in [3.05, 3.63) is 83.4 Å². The number of primary sulfonamides is 1. The zero-order valence-electron chi connectivity index (χ0n) is 19.8. The van der Waals surface area contributed by atoms with Crippen LogP contribution in [-0.2, 0) is 32.7 Å². The molecule has 0 aliphatic rings. The zero-order chi connectivity index (χ0) is 25.3. The lowest BCUT2D eigenvalue weighted by Crippen LogP contribution is -2.22. The van der Waals surface area contributed by atoms with Gasteiger partial charge in [-0.2, -0.15) is 0 Å². The molecule has 0 fully saturated rings. The number of nitrogens with one attached hydrogen (secondary N) is 1. The van der Waals surface area contributed by atoms with E-state index in [-0.39, 0.29) is 35.1 Å². The van der Waals surface area contributed by atoms with Gasteiger partial charge in [0.05, 0.1) is 17.9 Å². The summed E-state index contributed by atoms with van der Waals surface area (Å²) in [6.45, 7) is 2.50. The molecule has 0 heterocycles. The summed E-state index contributed by atoms with van der Waals surface area (Å²) in [6.07, 6.45) is 1.63. The van der Waals surface area contributed by atoms with E-state index in [1.165, 1.54) is 13.2 Å². The Hall–Kier alpha value is -3.40. The fourth-order valence-electron chi connectivity index (χ4n) is 3.49. The van der Waals surface area contributed by atoms with E-state index in [0.717, 1.165) is 18.4 Å². The van der Waals surface area contributed by atoms with Crippen molar-refractivity contribution < 1.29 is 27.4 Å². The second-order valence-electron chi connectivity index (χ2n) is 7.85. The van der Waals surface area contributed by atoms with E-state index in [1.54, 1.807) is 36.4 Å². The van der Waals surface area contributed by atoms with Crippen molar-refractivity contribution in [3.63, 3.8) is 0 Å². The Labute approximate surface area is 206 Å². The molecule has 8 nitrogen and oxygen atoms in total. The first-order valence-corrected chi connectivity index (χ1v) is 12.8. The van der Waals surface area contributed by atoms with Crippen molar-refractivity contribution >= 4 is 21.7 Å². The Balaban J connectivity index is 2.15. The maximum atomic E-state index is 13.1. The molecule has 9 heteroatoms. The molecule has 3 aromatic carbocycles. The van der Waals surface area contributed by atoms with Crippen LogP contribution in [0.5, 0.6) is 11.5 Å². The number of carbonyl (C=O) groups is 1. The van der Waals surface area contributed by atoms with Crippen LogP contribution >= 0.6 is 0 Å². The number of carbonyl (C=O) groups excluding carboxylic acids is 1. The van der Waals surface area contributed by atoms with Gasteiger partial charge in [-0.15, -0.1) is 0 Å². The van der Waals surface area contributed by atoms with Crippen LogP contribution in [0.2, 0.25) is 0 Å².